The number of carboxylic acid groups (broad SMARTS) is 1. The predicted octanol–water partition coefficient (Wildman–Crippen LogP) is -0.159. The topological polar surface area (TPSA) is 66.4 Å². The number of carboxylic acids is 1. The lowest BCUT2D eigenvalue weighted by atomic mass is 10.0. The first kappa shape index (κ1) is 8.89. The third-order valence-corrected chi connectivity index (χ3v) is 1.76. The summed E-state index contributed by atoms with van der Waals surface area (Å²) in [5, 5.41) is 10.4. The normalized spacial score (nSPS) is 29.1. The molecule has 2 unspecified atom stereocenters. The second-order valence-corrected chi connectivity index (χ2v) is 2.59. The van der Waals surface area contributed by atoms with Crippen LogP contribution >= 0.6 is 0 Å². The molecule has 1 aliphatic heterocycles. The molecule has 2 atom stereocenters. The van der Waals surface area contributed by atoms with Crippen LogP contribution in [-0.2, 0) is 9.59 Å². The van der Waals surface area contributed by atoms with E-state index in [9.17, 15) is 18.4 Å². The predicted molar refractivity (Wildman–Crippen MR) is 33.7 cm³/mol. The minimum absolute atomic E-state index is 0.408. The van der Waals surface area contributed by atoms with E-state index in [2.05, 4.69) is 0 Å². The second-order valence-electron chi connectivity index (χ2n) is 2.59. The van der Waals surface area contributed by atoms with Gasteiger partial charge in [0.25, 0.3) is 0 Å². The molecule has 1 saturated heterocycles. The Balaban J connectivity index is 2.72. The third-order valence-electron chi connectivity index (χ3n) is 1.76. The Labute approximate surface area is 66.6 Å². The molecule has 0 aromatic carbocycles. The number of carbonyl (C=O) groups excluding carboxylic acids is 1. The summed E-state index contributed by atoms with van der Waals surface area (Å²) in [6, 6.07) is -1.43. The summed E-state index contributed by atoms with van der Waals surface area (Å²) >= 11 is 0. The number of amides is 1. The molecule has 2 N–H and O–H groups in total. The zero-order valence-corrected chi connectivity index (χ0v) is 5.96. The first-order valence-electron chi connectivity index (χ1n) is 3.32. The summed E-state index contributed by atoms with van der Waals surface area (Å²) in [5.41, 5.74) is 0. The summed E-state index contributed by atoms with van der Waals surface area (Å²) in [7, 11) is 0. The lowest BCUT2D eigenvalue weighted by Gasteiger charge is -2.12. The largest absolute Gasteiger partial charge is 0.480 e. The van der Waals surface area contributed by atoms with Gasteiger partial charge in [-0.05, 0) is 0 Å². The number of carbonyl (C=O) groups is 2. The van der Waals surface area contributed by atoms with Crippen molar-refractivity contribution in [1.82, 2.24) is 5.32 Å². The van der Waals surface area contributed by atoms with Gasteiger partial charge in [-0.3, -0.25) is 4.79 Å². The number of aliphatic carboxylic acids is 1. The monoisotopic (exact) mass is 179 g/mol. The van der Waals surface area contributed by atoms with Gasteiger partial charge in [-0.1, -0.05) is 0 Å². The standard InChI is InChI=1S/C6H7F2NO3/c7-5(8)2-1-3(10)9-4(2)6(11)12/h2,4-5H,1H2,(H,9,10)(H,11,12). The van der Waals surface area contributed by atoms with Gasteiger partial charge in [-0.15, -0.1) is 0 Å². The van der Waals surface area contributed by atoms with Crippen LogP contribution in [0.5, 0.6) is 0 Å². The molecule has 1 aliphatic rings. The lowest BCUT2D eigenvalue weighted by molar-refractivity contribution is -0.142. The Morgan fingerprint density at radius 1 is 1.67 bits per heavy atom. The molecular formula is C6H7F2NO3. The molecule has 0 aromatic heterocycles. The van der Waals surface area contributed by atoms with Gasteiger partial charge >= 0.3 is 5.97 Å². The summed E-state index contributed by atoms with van der Waals surface area (Å²) in [6.07, 6.45) is -3.18. The number of hydrogen-bond donors (Lipinski definition) is 2. The lowest BCUT2D eigenvalue weighted by Crippen LogP contribution is -2.39. The molecule has 0 radical (unpaired) electrons. The van der Waals surface area contributed by atoms with Crippen LogP contribution in [0.2, 0.25) is 0 Å². The van der Waals surface area contributed by atoms with Crippen LogP contribution in [0.25, 0.3) is 0 Å². The van der Waals surface area contributed by atoms with Crippen LogP contribution in [-0.4, -0.2) is 29.5 Å². The first-order valence-corrected chi connectivity index (χ1v) is 3.32. The Bertz CT molecular complexity index is 219. The van der Waals surface area contributed by atoms with Crippen LogP contribution in [0.1, 0.15) is 6.42 Å². The summed E-state index contributed by atoms with van der Waals surface area (Å²) in [4.78, 5) is 20.9. The van der Waals surface area contributed by atoms with Crippen LogP contribution < -0.4 is 5.32 Å². The zero-order chi connectivity index (χ0) is 9.30. The number of halogens is 2. The molecule has 0 saturated carbocycles. The number of alkyl halides is 2. The van der Waals surface area contributed by atoms with Crippen molar-refractivity contribution >= 4 is 11.9 Å². The Hall–Kier alpha value is -1.20. The Morgan fingerprint density at radius 2 is 2.25 bits per heavy atom. The van der Waals surface area contributed by atoms with Crippen molar-refractivity contribution in [2.75, 3.05) is 0 Å². The van der Waals surface area contributed by atoms with E-state index < -0.39 is 36.7 Å². The molecule has 1 fully saturated rings. The molecule has 0 aliphatic carbocycles. The van der Waals surface area contributed by atoms with Gasteiger partial charge in [0.1, 0.15) is 6.04 Å². The highest BCUT2D eigenvalue weighted by atomic mass is 19.3. The summed E-state index contributed by atoms with van der Waals surface area (Å²) in [6.45, 7) is 0. The Kier molecular flexibility index (Phi) is 2.25. The highest BCUT2D eigenvalue weighted by molar-refractivity contribution is 5.88. The molecule has 0 spiro atoms. The maximum Gasteiger partial charge on any atom is 0.326 e. The van der Waals surface area contributed by atoms with E-state index in [0.29, 0.717) is 0 Å². The van der Waals surface area contributed by atoms with Crippen LogP contribution in [0, 0.1) is 5.92 Å². The van der Waals surface area contributed by atoms with Crippen molar-refractivity contribution in [3.63, 3.8) is 0 Å². The van der Waals surface area contributed by atoms with E-state index in [1.807, 2.05) is 5.32 Å². The van der Waals surface area contributed by atoms with Crippen LogP contribution in [0.3, 0.4) is 0 Å². The molecule has 6 heteroatoms. The molecule has 1 rings (SSSR count). The zero-order valence-electron chi connectivity index (χ0n) is 5.96. The van der Waals surface area contributed by atoms with Crippen molar-refractivity contribution in [3.8, 4) is 0 Å². The second kappa shape index (κ2) is 3.04. The van der Waals surface area contributed by atoms with Crippen molar-refractivity contribution in [1.29, 1.82) is 0 Å². The van der Waals surface area contributed by atoms with Gasteiger partial charge in [-0.2, -0.15) is 0 Å². The quantitative estimate of drug-likeness (QED) is 0.619. The summed E-state index contributed by atoms with van der Waals surface area (Å²) < 4.78 is 24.1. The first-order chi connectivity index (χ1) is 5.52. The average Bonchev–Trinajstić information content (AvgIpc) is 2.31. The van der Waals surface area contributed by atoms with Crippen molar-refractivity contribution in [2.45, 2.75) is 18.9 Å². The molecule has 1 amide bonds. The fraction of sp³-hybridized carbons (Fsp3) is 0.667. The number of hydrogen-bond acceptors (Lipinski definition) is 2. The van der Waals surface area contributed by atoms with Gasteiger partial charge in [-0.25, -0.2) is 13.6 Å². The van der Waals surface area contributed by atoms with E-state index >= 15 is 0 Å². The van der Waals surface area contributed by atoms with E-state index in [-0.39, 0.29) is 0 Å². The van der Waals surface area contributed by atoms with E-state index in [1.54, 1.807) is 0 Å². The summed E-state index contributed by atoms with van der Waals surface area (Å²) in [5.74, 6) is -3.44. The highest BCUT2D eigenvalue weighted by Gasteiger charge is 2.42. The molecule has 4 nitrogen and oxygen atoms in total. The number of nitrogens with one attached hydrogen (secondary N) is 1. The van der Waals surface area contributed by atoms with Gasteiger partial charge in [0.15, 0.2) is 0 Å². The molecule has 68 valence electrons. The smallest absolute Gasteiger partial charge is 0.326 e. The maximum absolute atomic E-state index is 12.1. The molecule has 12 heavy (non-hydrogen) atoms. The number of rotatable bonds is 2. The maximum atomic E-state index is 12.1. The Morgan fingerprint density at radius 3 is 2.58 bits per heavy atom. The van der Waals surface area contributed by atoms with Gasteiger partial charge in [0.05, 0.1) is 5.92 Å². The van der Waals surface area contributed by atoms with Crippen LogP contribution in [0.15, 0.2) is 0 Å². The van der Waals surface area contributed by atoms with Crippen molar-refractivity contribution in [2.24, 2.45) is 5.92 Å². The van der Waals surface area contributed by atoms with Crippen molar-refractivity contribution < 1.29 is 23.5 Å². The molecule has 0 aromatic rings. The van der Waals surface area contributed by atoms with Crippen LogP contribution in [0.4, 0.5) is 8.78 Å². The SMILES string of the molecule is O=C1CC(C(F)F)C(C(=O)O)N1. The van der Waals surface area contributed by atoms with Gasteiger partial charge < -0.3 is 10.4 Å². The van der Waals surface area contributed by atoms with E-state index in [1.165, 1.54) is 0 Å². The molecule has 0 bridgehead atoms. The van der Waals surface area contributed by atoms with Gasteiger partial charge in [0, 0.05) is 6.42 Å². The fourth-order valence-electron chi connectivity index (χ4n) is 1.15. The highest BCUT2D eigenvalue weighted by Crippen LogP contribution is 2.23. The average molecular weight is 179 g/mol. The third kappa shape index (κ3) is 1.51. The van der Waals surface area contributed by atoms with Gasteiger partial charge in [0.2, 0.25) is 12.3 Å². The molecular weight excluding hydrogens is 172 g/mol. The van der Waals surface area contributed by atoms with E-state index in [0.717, 1.165) is 0 Å². The molecule has 1 heterocycles. The fourth-order valence-corrected chi connectivity index (χ4v) is 1.15. The minimum Gasteiger partial charge on any atom is -0.480 e. The van der Waals surface area contributed by atoms with E-state index in [4.69, 9.17) is 5.11 Å². The minimum atomic E-state index is -2.77. The van der Waals surface area contributed by atoms with Crippen molar-refractivity contribution in [3.05, 3.63) is 0 Å².